The minimum absolute atomic E-state index is 0.0374. The Bertz CT molecular complexity index is 424. The molecule has 0 bridgehead atoms. The number of likely N-dealkylation sites (N-methyl/N-ethyl adjacent to an activating group) is 1. The van der Waals surface area contributed by atoms with E-state index in [-0.39, 0.29) is 11.9 Å². The summed E-state index contributed by atoms with van der Waals surface area (Å²) in [6.07, 6.45) is 3.51. The molecule has 0 aliphatic carbocycles. The van der Waals surface area contributed by atoms with E-state index in [4.69, 9.17) is 4.74 Å². The van der Waals surface area contributed by atoms with Gasteiger partial charge in [0.25, 0.3) is 0 Å². The summed E-state index contributed by atoms with van der Waals surface area (Å²) in [5.74, 6) is -0.0374. The van der Waals surface area contributed by atoms with Crippen LogP contribution in [0.3, 0.4) is 0 Å². The summed E-state index contributed by atoms with van der Waals surface area (Å²) in [5.41, 5.74) is 1.85. The van der Waals surface area contributed by atoms with Crippen molar-refractivity contribution in [1.82, 2.24) is 10.3 Å². The molecule has 1 aromatic heterocycles. The van der Waals surface area contributed by atoms with Crippen molar-refractivity contribution < 1.29 is 9.53 Å². The average Bonchev–Trinajstić information content (AvgIpc) is 2.46. The van der Waals surface area contributed by atoms with Crippen molar-refractivity contribution in [3.8, 4) is 0 Å². The number of pyridine rings is 1. The lowest BCUT2D eigenvalue weighted by atomic mass is 10.2. The van der Waals surface area contributed by atoms with E-state index in [2.05, 4.69) is 15.6 Å². The number of nitrogens with zero attached hydrogens (tertiary/aromatic N) is 2. The Morgan fingerprint density at radius 2 is 2.33 bits per heavy atom. The molecule has 1 amide bonds. The highest BCUT2D eigenvalue weighted by molar-refractivity contribution is 5.85. The van der Waals surface area contributed by atoms with E-state index in [1.807, 2.05) is 18.0 Å². The highest BCUT2D eigenvalue weighted by Crippen LogP contribution is 2.21. The molecule has 1 unspecified atom stereocenters. The van der Waals surface area contributed by atoms with Gasteiger partial charge in [0.1, 0.15) is 6.04 Å². The quantitative estimate of drug-likeness (QED) is 0.795. The number of amides is 1. The third-order valence-corrected chi connectivity index (χ3v) is 3.02. The first kappa shape index (κ1) is 12.6. The first-order valence-corrected chi connectivity index (χ1v) is 5.95. The average molecular weight is 250 g/mol. The first-order valence-electron chi connectivity index (χ1n) is 5.95. The lowest BCUT2D eigenvalue weighted by Crippen LogP contribution is -2.53. The summed E-state index contributed by atoms with van der Waals surface area (Å²) in [4.78, 5) is 18.0. The zero-order valence-corrected chi connectivity index (χ0v) is 10.6. The summed E-state index contributed by atoms with van der Waals surface area (Å²) >= 11 is 0. The molecule has 18 heavy (non-hydrogen) atoms. The molecule has 2 rings (SSSR count). The van der Waals surface area contributed by atoms with E-state index < -0.39 is 0 Å². The fraction of sp³-hybridized carbons (Fsp3) is 0.500. The number of aromatic nitrogens is 1. The summed E-state index contributed by atoms with van der Waals surface area (Å²) in [7, 11) is 3.48. The number of rotatable bonds is 3. The minimum Gasteiger partial charge on any atom is -0.387 e. The third-order valence-electron chi connectivity index (χ3n) is 3.02. The molecular weight excluding hydrogens is 232 g/mol. The third kappa shape index (κ3) is 2.53. The second-order valence-electron chi connectivity index (χ2n) is 4.08. The zero-order chi connectivity index (χ0) is 13.0. The maximum atomic E-state index is 11.8. The Hall–Kier alpha value is -1.82. The Balaban J connectivity index is 2.24. The second kappa shape index (κ2) is 5.68. The van der Waals surface area contributed by atoms with Crippen LogP contribution in [0.1, 0.15) is 0 Å². The van der Waals surface area contributed by atoms with Crippen LogP contribution in [0.5, 0.6) is 0 Å². The van der Waals surface area contributed by atoms with Gasteiger partial charge in [0.15, 0.2) is 0 Å². The zero-order valence-electron chi connectivity index (χ0n) is 10.6. The maximum Gasteiger partial charge on any atom is 0.244 e. The van der Waals surface area contributed by atoms with Gasteiger partial charge in [-0.15, -0.1) is 0 Å². The molecule has 6 nitrogen and oxygen atoms in total. The number of morpholine rings is 1. The number of ether oxygens (including phenoxy) is 1. The first-order chi connectivity index (χ1) is 8.76. The van der Waals surface area contributed by atoms with E-state index in [1.165, 1.54) is 0 Å². The van der Waals surface area contributed by atoms with Crippen molar-refractivity contribution >= 4 is 17.3 Å². The van der Waals surface area contributed by atoms with Crippen LogP contribution >= 0.6 is 0 Å². The van der Waals surface area contributed by atoms with Crippen LogP contribution in [0, 0.1) is 0 Å². The van der Waals surface area contributed by atoms with E-state index in [9.17, 15) is 4.79 Å². The molecule has 1 fully saturated rings. The fourth-order valence-electron chi connectivity index (χ4n) is 2.02. The topological polar surface area (TPSA) is 66.5 Å². The molecule has 0 saturated carbocycles. The summed E-state index contributed by atoms with van der Waals surface area (Å²) < 4.78 is 5.37. The molecule has 2 heterocycles. The van der Waals surface area contributed by atoms with Crippen LogP contribution in [-0.2, 0) is 9.53 Å². The molecule has 6 heteroatoms. The van der Waals surface area contributed by atoms with Crippen LogP contribution in [0.15, 0.2) is 18.5 Å². The Morgan fingerprint density at radius 1 is 1.50 bits per heavy atom. The normalized spacial score (nSPS) is 19.4. The van der Waals surface area contributed by atoms with Crippen molar-refractivity contribution in [2.75, 3.05) is 44.1 Å². The highest BCUT2D eigenvalue weighted by Gasteiger charge is 2.29. The van der Waals surface area contributed by atoms with Gasteiger partial charge < -0.3 is 20.3 Å². The number of carbonyl (C=O) groups excluding carboxylic acids is 1. The van der Waals surface area contributed by atoms with E-state index in [1.54, 1.807) is 19.4 Å². The Labute approximate surface area is 106 Å². The molecule has 1 aromatic rings. The van der Waals surface area contributed by atoms with Gasteiger partial charge >= 0.3 is 0 Å². The molecule has 1 aliphatic heterocycles. The maximum absolute atomic E-state index is 11.8. The van der Waals surface area contributed by atoms with Gasteiger partial charge in [-0.25, -0.2) is 0 Å². The van der Waals surface area contributed by atoms with Crippen molar-refractivity contribution in [2.45, 2.75) is 6.04 Å². The minimum atomic E-state index is -0.294. The van der Waals surface area contributed by atoms with Crippen LogP contribution < -0.4 is 15.5 Å². The fourth-order valence-corrected chi connectivity index (χ4v) is 2.02. The van der Waals surface area contributed by atoms with Crippen LogP contribution in [0.4, 0.5) is 11.4 Å². The number of nitrogens with one attached hydrogen (secondary N) is 2. The highest BCUT2D eigenvalue weighted by atomic mass is 16.5. The molecule has 0 spiro atoms. The van der Waals surface area contributed by atoms with Crippen molar-refractivity contribution in [1.29, 1.82) is 0 Å². The molecule has 1 saturated heterocycles. The van der Waals surface area contributed by atoms with Gasteiger partial charge in [-0.3, -0.25) is 9.78 Å². The predicted octanol–water partition coefficient (Wildman–Crippen LogP) is 0.0745. The predicted molar refractivity (Wildman–Crippen MR) is 69.8 cm³/mol. The number of hydrogen-bond donors (Lipinski definition) is 2. The molecule has 0 aromatic carbocycles. The standard InChI is InChI=1S/C12H18N4O2/c1-13-9-5-10(7-15-6-9)16-3-4-18-8-11(16)12(17)14-2/h5-7,11,13H,3-4,8H2,1-2H3,(H,14,17). The smallest absolute Gasteiger partial charge is 0.244 e. The summed E-state index contributed by atoms with van der Waals surface area (Å²) in [5, 5.41) is 5.71. The summed E-state index contributed by atoms with van der Waals surface area (Å²) in [6.45, 7) is 1.72. The number of hydrogen-bond acceptors (Lipinski definition) is 5. The molecular formula is C12H18N4O2. The van der Waals surface area contributed by atoms with Crippen molar-refractivity contribution in [3.05, 3.63) is 18.5 Å². The number of carbonyl (C=O) groups is 1. The molecule has 0 radical (unpaired) electrons. The van der Waals surface area contributed by atoms with E-state index in [0.29, 0.717) is 19.8 Å². The second-order valence-corrected chi connectivity index (χ2v) is 4.08. The van der Waals surface area contributed by atoms with Gasteiger partial charge in [0.2, 0.25) is 5.91 Å². The summed E-state index contributed by atoms with van der Waals surface area (Å²) in [6, 6.07) is 1.69. The monoisotopic (exact) mass is 250 g/mol. The van der Waals surface area contributed by atoms with Gasteiger partial charge in [-0.05, 0) is 6.07 Å². The van der Waals surface area contributed by atoms with Gasteiger partial charge in [-0.2, -0.15) is 0 Å². The van der Waals surface area contributed by atoms with Crippen molar-refractivity contribution in [3.63, 3.8) is 0 Å². The number of anilines is 2. The lowest BCUT2D eigenvalue weighted by molar-refractivity contribution is -0.124. The van der Waals surface area contributed by atoms with Gasteiger partial charge in [0, 0.05) is 20.6 Å². The molecule has 1 aliphatic rings. The SMILES string of the molecule is CNC(=O)C1COCCN1c1cncc(NC)c1. The van der Waals surface area contributed by atoms with Gasteiger partial charge in [0.05, 0.1) is 37.0 Å². The molecule has 1 atom stereocenters. The Kier molecular flexibility index (Phi) is 3.99. The van der Waals surface area contributed by atoms with Gasteiger partial charge in [-0.1, -0.05) is 0 Å². The van der Waals surface area contributed by atoms with Crippen LogP contribution in [0.2, 0.25) is 0 Å². The molecule has 98 valence electrons. The largest absolute Gasteiger partial charge is 0.387 e. The van der Waals surface area contributed by atoms with Crippen molar-refractivity contribution in [2.24, 2.45) is 0 Å². The Morgan fingerprint density at radius 3 is 3.06 bits per heavy atom. The van der Waals surface area contributed by atoms with Crippen LogP contribution in [0.25, 0.3) is 0 Å². The van der Waals surface area contributed by atoms with Crippen LogP contribution in [-0.4, -0.2) is 50.8 Å². The van der Waals surface area contributed by atoms with E-state index >= 15 is 0 Å². The molecule has 2 N–H and O–H groups in total. The lowest BCUT2D eigenvalue weighted by Gasteiger charge is -2.35. The van der Waals surface area contributed by atoms with E-state index in [0.717, 1.165) is 11.4 Å².